The molecule has 2 aromatic rings. The van der Waals surface area contributed by atoms with E-state index in [1.165, 1.54) is 0 Å². The molecule has 2 aromatic carbocycles. The van der Waals surface area contributed by atoms with E-state index in [0.717, 1.165) is 16.3 Å². The molecule has 112 valence electrons. The molecule has 0 radical (unpaired) electrons. The summed E-state index contributed by atoms with van der Waals surface area (Å²) in [5, 5.41) is 12.6. The van der Waals surface area contributed by atoms with Gasteiger partial charge in [0.2, 0.25) is 0 Å². The molecule has 3 heteroatoms. The van der Waals surface area contributed by atoms with Crippen molar-refractivity contribution in [3.63, 3.8) is 0 Å². The number of benzene rings is 2. The molecule has 3 nitrogen and oxygen atoms in total. The molecule has 0 spiro atoms. The van der Waals surface area contributed by atoms with Crippen molar-refractivity contribution in [1.29, 1.82) is 0 Å². The number of carbonyl (C=O) groups excluding carboxylic acids is 1. The Morgan fingerprint density at radius 3 is 2.33 bits per heavy atom. The van der Waals surface area contributed by atoms with E-state index in [4.69, 9.17) is 4.74 Å². The van der Waals surface area contributed by atoms with E-state index in [1.807, 2.05) is 63.2 Å². The summed E-state index contributed by atoms with van der Waals surface area (Å²) < 4.78 is 5.33. The Kier molecular flexibility index (Phi) is 4.33. The molecule has 0 heterocycles. The van der Waals surface area contributed by atoms with Gasteiger partial charge >= 0.3 is 5.97 Å². The average molecular weight is 286 g/mol. The first-order chi connectivity index (χ1) is 9.78. The molecule has 0 aliphatic heterocycles. The van der Waals surface area contributed by atoms with Gasteiger partial charge in [-0.3, -0.25) is 4.79 Å². The minimum Gasteiger partial charge on any atom is -0.460 e. The highest BCUT2D eigenvalue weighted by Crippen LogP contribution is 2.27. The lowest BCUT2D eigenvalue weighted by molar-refractivity contribution is -0.163. The fourth-order valence-corrected chi connectivity index (χ4v) is 2.20. The molecule has 0 aromatic heterocycles. The largest absolute Gasteiger partial charge is 0.460 e. The van der Waals surface area contributed by atoms with Gasteiger partial charge in [-0.05, 0) is 50.1 Å². The number of carbonyl (C=O) groups is 1. The highest BCUT2D eigenvalue weighted by Gasteiger charge is 2.28. The predicted octanol–water partition coefficient (Wildman–Crippen LogP) is 3.85. The molecular weight excluding hydrogens is 264 g/mol. The first-order valence-electron chi connectivity index (χ1n) is 7.17. The van der Waals surface area contributed by atoms with Gasteiger partial charge in [0.15, 0.2) is 0 Å². The minimum absolute atomic E-state index is 0.386. The number of rotatable bonds is 3. The average Bonchev–Trinajstić information content (AvgIpc) is 2.43. The van der Waals surface area contributed by atoms with Crippen LogP contribution >= 0.6 is 0 Å². The van der Waals surface area contributed by atoms with E-state index in [2.05, 4.69) is 0 Å². The predicted molar refractivity (Wildman–Crippen MR) is 83.9 cm³/mol. The molecular formula is C18H22O3. The van der Waals surface area contributed by atoms with Crippen molar-refractivity contribution in [2.24, 2.45) is 5.92 Å². The first-order valence-corrected chi connectivity index (χ1v) is 7.17. The second-order valence-electron chi connectivity index (χ2n) is 6.37. The van der Waals surface area contributed by atoms with Crippen molar-refractivity contribution in [3.05, 3.63) is 48.0 Å². The van der Waals surface area contributed by atoms with E-state index < -0.39 is 17.6 Å². The molecule has 21 heavy (non-hydrogen) atoms. The number of hydrogen-bond donors (Lipinski definition) is 1. The van der Waals surface area contributed by atoms with Gasteiger partial charge in [0.1, 0.15) is 5.60 Å². The number of fused-ring (bicyclic) bond motifs is 1. The van der Waals surface area contributed by atoms with Crippen LogP contribution in [-0.4, -0.2) is 16.7 Å². The van der Waals surface area contributed by atoms with Crippen LogP contribution in [0.25, 0.3) is 10.8 Å². The molecule has 1 N–H and O–H groups in total. The Bertz CT molecular complexity index is 640. The lowest BCUT2D eigenvalue weighted by Gasteiger charge is -2.24. The zero-order chi connectivity index (χ0) is 15.6. The number of aliphatic hydroxyl groups is 1. The molecule has 2 atom stereocenters. The molecule has 0 amide bonds. The van der Waals surface area contributed by atoms with E-state index in [0.29, 0.717) is 0 Å². The van der Waals surface area contributed by atoms with Gasteiger partial charge in [-0.25, -0.2) is 0 Å². The van der Waals surface area contributed by atoms with Crippen molar-refractivity contribution in [2.45, 2.75) is 39.4 Å². The molecule has 0 aliphatic rings. The summed E-state index contributed by atoms with van der Waals surface area (Å²) >= 11 is 0. The maximum Gasteiger partial charge on any atom is 0.312 e. The van der Waals surface area contributed by atoms with Crippen LogP contribution in [0, 0.1) is 5.92 Å². The Labute approximate surface area is 125 Å². The van der Waals surface area contributed by atoms with Crippen LogP contribution in [0.4, 0.5) is 0 Å². The van der Waals surface area contributed by atoms with Crippen molar-refractivity contribution in [2.75, 3.05) is 0 Å². The van der Waals surface area contributed by atoms with Crippen LogP contribution in [0.2, 0.25) is 0 Å². The van der Waals surface area contributed by atoms with Crippen molar-refractivity contribution in [1.82, 2.24) is 0 Å². The Hall–Kier alpha value is -1.87. The molecule has 2 rings (SSSR count). The molecule has 0 saturated carbocycles. The maximum atomic E-state index is 12.1. The van der Waals surface area contributed by atoms with Crippen LogP contribution in [0.1, 0.15) is 39.4 Å². The third-order valence-electron chi connectivity index (χ3n) is 3.37. The smallest absolute Gasteiger partial charge is 0.312 e. The van der Waals surface area contributed by atoms with Crippen LogP contribution in [0.3, 0.4) is 0 Å². The van der Waals surface area contributed by atoms with Crippen LogP contribution in [0.5, 0.6) is 0 Å². The second kappa shape index (κ2) is 5.86. The lowest BCUT2D eigenvalue weighted by atomic mass is 9.95. The quantitative estimate of drug-likeness (QED) is 0.872. The van der Waals surface area contributed by atoms with Crippen molar-refractivity contribution >= 4 is 16.7 Å². The third-order valence-corrected chi connectivity index (χ3v) is 3.37. The molecule has 0 unspecified atom stereocenters. The lowest BCUT2D eigenvalue weighted by Crippen LogP contribution is -2.30. The fraction of sp³-hybridized carbons (Fsp3) is 0.389. The Morgan fingerprint density at radius 2 is 1.71 bits per heavy atom. The monoisotopic (exact) mass is 286 g/mol. The summed E-state index contributed by atoms with van der Waals surface area (Å²) in [5.41, 5.74) is 0.182. The third kappa shape index (κ3) is 3.82. The maximum absolute atomic E-state index is 12.1. The number of aliphatic hydroxyl groups excluding tert-OH is 1. The number of esters is 1. The van der Waals surface area contributed by atoms with E-state index in [1.54, 1.807) is 6.92 Å². The zero-order valence-electron chi connectivity index (χ0n) is 13.0. The zero-order valence-corrected chi connectivity index (χ0v) is 13.0. The SMILES string of the molecule is C[C@@H](C(=O)OC(C)(C)C)[C@H](O)c1ccc2ccccc2c1. The summed E-state index contributed by atoms with van der Waals surface area (Å²) in [4.78, 5) is 12.1. The standard InChI is InChI=1S/C18H22O3/c1-12(17(20)21-18(2,3)4)16(19)15-10-9-13-7-5-6-8-14(13)11-15/h5-12,16,19H,1-4H3/t12-,16+/m1/s1. The highest BCUT2D eigenvalue weighted by molar-refractivity contribution is 5.83. The van der Waals surface area contributed by atoms with Crippen LogP contribution in [-0.2, 0) is 9.53 Å². The minimum atomic E-state index is -0.871. The van der Waals surface area contributed by atoms with Gasteiger partial charge in [-0.2, -0.15) is 0 Å². The van der Waals surface area contributed by atoms with E-state index >= 15 is 0 Å². The molecule has 0 aliphatic carbocycles. The summed E-state index contributed by atoms with van der Waals surface area (Å²) in [6, 6.07) is 13.7. The summed E-state index contributed by atoms with van der Waals surface area (Å²) in [6.45, 7) is 7.15. The highest BCUT2D eigenvalue weighted by atomic mass is 16.6. The van der Waals surface area contributed by atoms with Crippen LogP contribution in [0.15, 0.2) is 42.5 Å². The number of hydrogen-bond acceptors (Lipinski definition) is 3. The topological polar surface area (TPSA) is 46.5 Å². The van der Waals surface area contributed by atoms with Gasteiger partial charge in [0.25, 0.3) is 0 Å². The first kappa shape index (κ1) is 15.5. The van der Waals surface area contributed by atoms with E-state index in [-0.39, 0.29) is 5.97 Å². The van der Waals surface area contributed by atoms with Crippen LogP contribution < -0.4 is 0 Å². The molecule has 0 saturated heterocycles. The van der Waals surface area contributed by atoms with Crippen molar-refractivity contribution in [3.8, 4) is 0 Å². The van der Waals surface area contributed by atoms with E-state index in [9.17, 15) is 9.90 Å². The molecule has 0 bridgehead atoms. The Morgan fingerprint density at radius 1 is 1.10 bits per heavy atom. The fourth-order valence-electron chi connectivity index (χ4n) is 2.20. The van der Waals surface area contributed by atoms with Gasteiger partial charge in [-0.1, -0.05) is 36.4 Å². The van der Waals surface area contributed by atoms with Gasteiger partial charge in [0, 0.05) is 0 Å². The summed E-state index contributed by atoms with van der Waals surface area (Å²) in [6.07, 6.45) is -0.871. The van der Waals surface area contributed by atoms with Gasteiger partial charge in [-0.15, -0.1) is 0 Å². The van der Waals surface area contributed by atoms with Gasteiger partial charge < -0.3 is 9.84 Å². The second-order valence-corrected chi connectivity index (χ2v) is 6.37. The summed E-state index contributed by atoms with van der Waals surface area (Å²) in [7, 11) is 0. The van der Waals surface area contributed by atoms with Gasteiger partial charge in [0.05, 0.1) is 12.0 Å². The normalized spacial score (nSPS) is 14.7. The number of ether oxygens (including phenoxy) is 1. The summed E-state index contributed by atoms with van der Waals surface area (Å²) in [5.74, 6) is -0.992. The molecule has 0 fully saturated rings. The van der Waals surface area contributed by atoms with Crippen molar-refractivity contribution < 1.29 is 14.6 Å². The Balaban J connectivity index is 2.20.